The molecule has 0 heterocycles. The SMILES string of the molecule is COc1ccc(N(CC(O)CO)S(=O)(=O)c2c(F)c(F)c(F)c(F)c2F)cc1. The smallest absolute Gasteiger partial charge is 0.270 e. The van der Waals surface area contributed by atoms with Crippen LogP contribution in [0.15, 0.2) is 29.2 Å². The lowest BCUT2D eigenvalue weighted by Crippen LogP contribution is -2.40. The third kappa shape index (κ3) is 3.88. The lowest BCUT2D eigenvalue weighted by atomic mass is 10.3. The Morgan fingerprint density at radius 3 is 1.86 bits per heavy atom. The molecule has 0 fully saturated rings. The quantitative estimate of drug-likeness (QED) is 0.401. The maximum Gasteiger partial charge on any atom is 0.270 e. The molecule has 0 bridgehead atoms. The summed E-state index contributed by atoms with van der Waals surface area (Å²) in [7, 11) is -4.06. The van der Waals surface area contributed by atoms with Gasteiger partial charge in [-0.25, -0.2) is 30.4 Å². The lowest BCUT2D eigenvalue weighted by Gasteiger charge is -2.27. The molecule has 0 saturated carbocycles. The zero-order valence-electron chi connectivity index (χ0n) is 14.2. The third-order valence-electron chi connectivity index (χ3n) is 3.67. The Balaban J connectivity index is 2.71. The number of anilines is 1. The van der Waals surface area contributed by atoms with Gasteiger partial charge in [0, 0.05) is 0 Å². The number of benzene rings is 2. The van der Waals surface area contributed by atoms with Crippen LogP contribution in [0.3, 0.4) is 0 Å². The van der Waals surface area contributed by atoms with Gasteiger partial charge in [0.05, 0.1) is 32.1 Å². The largest absolute Gasteiger partial charge is 0.497 e. The van der Waals surface area contributed by atoms with Gasteiger partial charge in [0.15, 0.2) is 28.2 Å². The summed E-state index contributed by atoms with van der Waals surface area (Å²) in [5, 5.41) is 18.6. The molecule has 1 unspecified atom stereocenters. The molecule has 0 radical (unpaired) electrons. The Morgan fingerprint density at radius 2 is 1.43 bits per heavy atom. The highest BCUT2D eigenvalue weighted by Crippen LogP contribution is 2.32. The summed E-state index contributed by atoms with van der Waals surface area (Å²) in [5.41, 5.74) is -0.280. The predicted molar refractivity (Wildman–Crippen MR) is 86.9 cm³/mol. The van der Waals surface area contributed by atoms with Crippen molar-refractivity contribution in [2.24, 2.45) is 0 Å². The summed E-state index contributed by atoms with van der Waals surface area (Å²) in [4.78, 5) is -2.08. The van der Waals surface area contributed by atoms with Gasteiger partial charge in [0.25, 0.3) is 10.0 Å². The van der Waals surface area contributed by atoms with E-state index in [-0.39, 0.29) is 15.7 Å². The number of hydrogen-bond donors (Lipinski definition) is 2. The van der Waals surface area contributed by atoms with E-state index in [1.54, 1.807) is 0 Å². The van der Waals surface area contributed by atoms with Gasteiger partial charge in [0.1, 0.15) is 5.75 Å². The molecule has 0 saturated heterocycles. The van der Waals surface area contributed by atoms with Crippen LogP contribution in [0, 0.1) is 29.1 Å². The van der Waals surface area contributed by atoms with Crippen LogP contribution in [-0.2, 0) is 10.0 Å². The molecule has 1 atom stereocenters. The molecule has 0 amide bonds. The monoisotopic (exact) mass is 427 g/mol. The van der Waals surface area contributed by atoms with E-state index in [9.17, 15) is 35.5 Å². The highest BCUT2D eigenvalue weighted by atomic mass is 32.2. The van der Waals surface area contributed by atoms with Crippen molar-refractivity contribution >= 4 is 15.7 Å². The van der Waals surface area contributed by atoms with Gasteiger partial charge in [-0.15, -0.1) is 0 Å². The van der Waals surface area contributed by atoms with E-state index in [1.165, 1.54) is 19.2 Å². The summed E-state index contributed by atoms with van der Waals surface area (Å²) in [5.74, 6) is -12.2. The van der Waals surface area contributed by atoms with Gasteiger partial charge in [-0.05, 0) is 24.3 Å². The number of sulfonamides is 1. The maximum absolute atomic E-state index is 14.1. The maximum atomic E-state index is 14.1. The molecule has 2 N–H and O–H groups in total. The molecule has 0 aliphatic carbocycles. The minimum atomic E-state index is -5.38. The summed E-state index contributed by atoms with van der Waals surface area (Å²) in [6, 6.07) is 4.77. The Bertz CT molecular complexity index is 939. The average molecular weight is 427 g/mol. The number of hydrogen-bond acceptors (Lipinski definition) is 5. The van der Waals surface area contributed by atoms with Gasteiger partial charge < -0.3 is 14.9 Å². The minimum Gasteiger partial charge on any atom is -0.497 e. The van der Waals surface area contributed by atoms with Crippen LogP contribution in [0.4, 0.5) is 27.6 Å². The first-order valence-electron chi connectivity index (χ1n) is 7.53. The van der Waals surface area contributed by atoms with Crippen molar-refractivity contribution in [1.29, 1.82) is 0 Å². The summed E-state index contributed by atoms with van der Waals surface area (Å²) < 4.78 is 98.9. The normalized spacial score (nSPS) is 12.7. The third-order valence-corrected chi connectivity index (χ3v) is 5.48. The van der Waals surface area contributed by atoms with Crippen LogP contribution in [0.25, 0.3) is 0 Å². The van der Waals surface area contributed by atoms with Crippen LogP contribution in [0.2, 0.25) is 0 Å². The first-order valence-corrected chi connectivity index (χ1v) is 8.97. The second kappa shape index (κ2) is 8.29. The number of aliphatic hydroxyl groups excluding tert-OH is 2. The van der Waals surface area contributed by atoms with Crippen LogP contribution in [0.1, 0.15) is 0 Å². The van der Waals surface area contributed by atoms with Crippen molar-refractivity contribution in [2.45, 2.75) is 11.0 Å². The number of aliphatic hydroxyl groups is 2. The molecule has 12 heteroatoms. The first kappa shape index (κ1) is 21.9. The number of methoxy groups -OCH3 is 1. The van der Waals surface area contributed by atoms with Gasteiger partial charge in [-0.1, -0.05) is 0 Å². The molecule has 6 nitrogen and oxygen atoms in total. The van der Waals surface area contributed by atoms with Crippen LogP contribution >= 0.6 is 0 Å². The molecule has 154 valence electrons. The zero-order chi connectivity index (χ0) is 21.2. The fourth-order valence-corrected chi connectivity index (χ4v) is 3.88. The Morgan fingerprint density at radius 1 is 0.964 bits per heavy atom. The Labute approximate surface area is 156 Å². The summed E-state index contributed by atoms with van der Waals surface area (Å²) in [6.45, 7) is -1.86. The summed E-state index contributed by atoms with van der Waals surface area (Å²) in [6.07, 6.45) is -1.71. The first-order chi connectivity index (χ1) is 13.1. The average Bonchev–Trinajstić information content (AvgIpc) is 2.68. The molecular formula is C16H14F5NO5S. The minimum absolute atomic E-state index is 0.214. The second-order valence-corrected chi connectivity index (χ2v) is 7.27. The standard InChI is InChI=1S/C16H14F5NO5S/c1-27-10-4-2-8(3-5-10)22(6-9(24)7-23)28(25,26)16-14(20)12(18)11(17)13(19)15(16)21/h2-5,9,23-24H,6-7H2,1H3. The number of halogens is 5. The van der Waals surface area contributed by atoms with Crippen molar-refractivity contribution in [3.05, 3.63) is 53.4 Å². The highest BCUT2D eigenvalue weighted by Gasteiger charge is 2.38. The fourth-order valence-electron chi connectivity index (χ4n) is 2.26. The van der Waals surface area contributed by atoms with E-state index in [4.69, 9.17) is 9.84 Å². The topological polar surface area (TPSA) is 87.1 Å². The van der Waals surface area contributed by atoms with Gasteiger partial charge in [-0.3, -0.25) is 4.31 Å². The van der Waals surface area contributed by atoms with Crippen molar-refractivity contribution in [1.82, 2.24) is 0 Å². The number of ether oxygens (including phenoxy) is 1. The highest BCUT2D eigenvalue weighted by molar-refractivity contribution is 7.92. The van der Waals surface area contributed by atoms with E-state index in [2.05, 4.69) is 0 Å². The van der Waals surface area contributed by atoms with E-state index in [0.29, 0.717) is 0 Å². The van der Waals surface area contributed by atoms with Gasteiger partial charge in [0.2, 0.25) is 5.82 Å². The van der Waals surface area contributed by atoms with Crippen molar-refractivity contribution in [2.75, 3.05) is 24.6 Å². The Kier molecular flexibility index (Phi) is 6.47. The van der Waals surface area contributed by atoms with Crippen molar-refractivity contribution in [3.63, 3.8) is 0 Å². The van der Waals surface area contributed by atoms with Crippen molar-refractivity contribution < 1.29 is 45.3 Å². The fraction of sp³-hybridized carbons (Fsp3) is 0.250. The van der Waals surface area contributed by atoms with E-state index in [0.717, 1.165) is 12.1 Å². The van der Waals surface area contributed by atoms with Gasteiger partial charge >= 0.3 is 0 Å². The molecule has 0 aromatic heterocycles. The predicted octanol–water partition coefficient (Wildman–Crippen LogP) is 1.94. The van der Waals surface area contributed by atoms with Crippen LogP contribution in [-0.4, -0.2) is 45.0 Å². The molecule has 0 aliphatic rings. The van der Waals surface area contributed by atoms with E-state index >= 15 is 0 Å². The number of rotatable bonds is 7. The van der Waals surface area contributed by atoms with Gasteiger partial charge in [-0.2, -0.15) is 0 Å². The molecule has 2 aromatic rings. The molecule has 0 spiro atoms. The Hall–Kier alpha value is -2.44. The van der Waals surface area contributed by atoms with Crippen LogP contribution in [0.5, 0.6) is 5.75 Å². The van der Waals surface area contributed by atoms with Crippen molar-refractivity contribution in [3.8, 4) is 5.75 Å². The second-order valence-electron chi connectivity index (χ2n) is 5.47. The van der Waals surface area contributed by atoms with E-state index in [1.807, 2.05) is 0 Å². The molecule has 2 aromatic carbocycles. The van der Waals surface area contributed by atoms with Crippen LogP contribution < -0.4 is 9.04 Å². The molecule has 2 rings (SSSR count). The molecule has 28 heavy (non-hydrogen) atoms. The molecular weight excluding hydrogens is 413 g/mol. The van der Waals surface area contributed by atoms with E-state index < -0.39 is 63.3 Å². The zero-order valence-corrected chi connectivity index (χ0v) is 15.0. The lowest BCUT2D eigenvalue weighted by molar-refractivity contribution is 0.102. The summed E-state index contributed by atoms with van der Waals surface area (Å²) >= 11 is 0. The molecule has 0 aliphatic heterocycles. The number of nitrogens with zero attached hydrogens (tertiary/aromatic N) is 1.